The van der Waals surface area contributed by atoms with Gasteiger partial charge in [0.1, 0.15) is 12.1 Å². The molecule has 3 aromatic rings. The number of imidazole rings is 1. The van der Waals surface area contributed by atoms with E-state index < -0.39 is 0 Å². The van der Waals surface area contributed by atoms with Crippen LogP contribution in [0.5, 0.6) is 0 Å². The lowest BCUT2D eigenvalue weighted by molar-refractivity contribution is 0.639. The zero-order valence-electron chi connectivity index (χ0n) is 11.6. The molecule has 1 aliphatic carbocycles. The fraction of sp³-hybridized carbons (Fsp3) is 0.400. The molecule has 0 atom stereocenters. The molecule has 0 saturated heterocycles. The van der Waals surface area contributed by atoms with Crippen molar-refractivity contribution in [1.82, 2.24) is 19.5 Å². The summed E-state index contributed by atoms with van der Waals surface area (Å²) in [7, 11) is 0. The van der Waals surface area contributed by atoms with Crippen LogP contribution in [-0.2, 0) is 13.0 Å². The molecule has 5 nitrogen and oxygen atoms in total. The number of hydrogen-bond donors (Lipinski definition) is 0. The number of hydrogen-bond acceptors (Lipinski definition) is 5. The molecule has 0 spiro atoms. The molecule has 0 bridgehead atoms. The van der Waals surface area contributed by atoms with Crippen LogP contribution in [0, 0.1) is 0 Å². The highest BCUT2D eigenvalue weighted by atomic mass is 32.1. The molecule has 106 valence electrons. The third-order valence-electron chi connectivity index (χ3n) is 4.41. The van der Waals surface area contributed by atoms with Crippen LogP contribution < -0.4 is 4.90 Å². The van der Waals surface area contributed by atoms with Crippen molar-refractivity contribution in [2.75, 3.05) is 11.4 Å². The standard InChI is InChI=1S/C15H15N5S/c1-2-10(1)20-9-18-12-7-19(5-3-13(12)20)15-14-11(4-6-21-14)16-8-17-15/h4,6,8-10H,1-3,5,7H2. The molecule has 4 heterocycles. The van der Waals surface area contributed by atoms with E-state index in [1.807, 2.05) is 6.33 Å². The van der Waals surface area contributed by atoms with Gasteiger partial charge >= 0.3 is 0 Å². The first kappa shape index (κ1) is 11.7. The third kappa shape index (κ3) is 1.78. The van der Waals surface area contributed by atoms with Gasteiger partial charge in [-0.2, -0.15) is 0 Å². The van der Waals surface area contributed by atoms with E-state index in [1.54, 1.807) is 17.7 Å². The highest BCUT2D eigenvalue weighted by molar-refractivity contribution is 7.17. The van der Waals surface area contributed by atoms with Gasteiger partial charge in [-0.15, -0.1) is 11.3 Å². The number of thiophene rings is 1. The van der Waals surface area contributed by atoms with Gasteiger partial charge in [0, 0.05) is 24.7 Å². The van der Waals surface area contributed by atoms with Gasteiger partial charge in [-0.25, -0.2) is 15.0 Å². The SMILES string of the molecule is c1nc(N2CCc3c(ncn3C3CC3)C2)c2sccc2n1. The predicted octanol–water partition coefficient (Wildman–Crippen LogP) is 2.79. The van der Waals surface area contributed by atoms with Gasteiger partial charge in [-0.3, -0.25) is 0 Å². The molecule has 5 rings (SSSR count). The summed E-state index contributed by atoms with van der Waals surface area (Å²) in [6.45, 7) is 1.87. The first-order valence-corrected chi connectivity index (χ1v) is 8.26. The van der Waals surface area contributed by atoms with E-state index in [0.29, 0.717) is 0 Å². The molecule has 6 heteroatoms. The molecule has 2 aliphatic rings. The fourth-order valence-corrected chi connectivity index (χ4v) is 4.04. The lowest BCUT2D eigenvalue weighted by Crippen LogP contribution is -2.32. The molecule has 1 fully saturated rings. The van der Waals surface area contributed by atoms with E-state index in [1.165, 1.54) is 28.9 Å². The Morgan fingerprint density at radius 1 is 1.19 bits per heavy atom. The molecule has 0 amide bonds. The van der Waals surface area contributed by atoms with Gasteiger partial charge in [0.25, 0.3) is 0 Å². The van der Waals surface area contributed by atoms with E-state index in [-0.39, 0.29) is 0 Å². The molecular weight excluding hydrogens is 282 g/mol. The minimum Gasteiger partial charge on any atom is -0.349 e. The van der Waals surface area contributed by atoms with Crippen molar-refractivity contribution in [3.63, 3.8) is 0 Å². The molecule has 1 saturated carbocycles. The van der Waals surface area contributed by atoms with Crippen molar-refractivity contribution >= 4 is 27.4 Å². The Morgan fingerprint density at radius 2 is 2.14 bits per heavy atom. The van der Waals surface area contributed by atoms with Crippen molar-refractivity contribution < 1.29 is 0 Å². The summed E-state index contributed by atoms with van der Waals surface area (Å²) < 4.78 is 3.58. The summed E-state index contributed by atoms with van der Waals surface area (Å²) in [6, 6.07) is 2.78. The van der Waals surface area contributed by atoms with Crippen LogP contribution in [0.4, 0.5) is 5.82 Å². The molecule has 0 unspecified atom stereocenters. The Balaban J connectivity index is 1.53. The summed E-state index contributed by atoms with van der Waals surface area (Å²) in [5.41, 5.74) is 3.70. The Labute approximate surface area is 126 Å². The predicted molar refractivity (Wildman–Crippen MR) is 82.7 cm³/mol. The Hall–Kier alpha value is -1.95. The molecule has 0 radical (unpaired) electrons. The van der Waals surface area contributed by atoms with Gasteiger partial charge < -0.3 is 9.47 Å². The normalized spacial score (nSPS) is 18.2. The summed E-state index contributed by atoms with van der Waals surface area (Å²) in [6.07, 6.45) is 7.39. The van der Waals surface area contributed by atoms with Crippen LogP contribution in [-0.4, -0.2) is 26.1 Å². The summed E-state index contributed by atoms with van der Waals surface area (Å²) in [5, 5.41) is 2.08. The maximum absolute atomic E-state index is 4.64. The van der Waals surface area contributed by atoms with E-state index in [4.69, 9.17) is 0 Å². The lowest BCUT2D eigenvalue weighted by atomic mass is 10.1. The topological polar surface area (TPSA) is 46.8 Å². The van der Waals surface area contributed by atoms with E-state index in [9.17, 15) is 0 Å². The van der Waals surface area contributed by atoms with Crippen molar-refractivity contribution in [1.29, 1.82) is 0 Å². The molecule has 1 aliphatic heterocycles. The first-order chi connectivity index (χ1) is 10.4. The average molecular weight is 297 g/mol. The van der Waals surface area contributed by atoms with Crippen LogP contribution in [0.2, 0.25) is 0 Å². The van der Waals surface area contributed by atoms with Crippen LogP contribution in [0.25, 0.3) is 10.2 Å². The summed E-state index contributed by atoms with van der Waals surface area (Å²) in [5.74, 6) is 1.06. The van der Waals surface area contributed by atoms with Crippen LogP contribution in [0.3, 0.4) is 0 Å². The largest absolute Gasteiger partial charge is 0.349 e. The van der Waals surface area contributed by atoms with E-state index >= 15 is 0 Å². The quantitative estimate of drug-likeness (QED) is 0.730. The Morgan fingerprint density at radius 3 is 3.05 bits per heavy atom. The van der Waals surface area contributed by atoms with Gasteiger partial charge in [-0.05, 0) is 24.3 Å². The van der Waals surface area contributed by atoms with Crippen molar-refractivity contribution in [3.8, 4) is 0 Å². The highest BCUT2D eigenvalue weighted by Gasteiger charge is 2.30. The van der Waals surface area contributed by atoms with Gasteiger partial charge in [-0.1, -0.05) is 0 Å². The monoisotopic (exact) mass is 297 g/mol. The van der Waals surface area contributed by atoms with Crippen LogP contribution >= 0.6 is 11.3 Å². The second kappa shape index (κ2) is 4.27. The molecule has 21 heavy (non-hydrogen) atoms. The second-order valence-corrected chi connectivity index (χ2v) is 6.70. The van der Waals surface area contributed by atoms with Crippen molar-refractivity contribution in [2.45, 2.75) is 31.8 Å². The van der Waals surface area contributed by atoms with E-state index in [0.717, 1.165) is 36.9 Å². The maximum atomic E-state index is 4.64. The second-order valence-electron chi connectivity index (χ2n) is 5.78. The van der Waals surface area contributed by atoms with Crippen LogP contribution in [0.1, 0.15) is 30.3 Å². The molecule has 3 aromatic heterocycles. The van der Waals surface area contributed by atoms with Gasteiger partial charge in [0.2, 0.25) is 0 Å². The summed E-state index contributed by atoms with van der Waals surface area (Å²) >= 11 is 1.72. The molecular formula is C15H15N5S. The number of rotatable bonds is 2. The molecule has 0 aromatic carbocycles. The van der Waals surface area contributed by atoms with Gasteiger partial charge in [0.05, 0.1) is 28.8 Å². The smallest absolute Gasteiger partial charge is 0.150 e. The maximum Gasteiger partial charge on any atom is 0.150 e. The highest BCUT2D eigenvalue weighted by Crippen LogP contribution is 2.38. The minimum atomic E-state index is 0.718. The van der Waals surface area contributed by atoms with Crippen molar-refractivity contribution in [3.05, 3.63) is 35.5 Å². The number of nitrogens with zero attached hydrogens (tertiary/aromatic N) is 5. The summed E-state index contributed by atoms with van der Waals surface area (Å²) in [4.78, 5) is 15.8. The van der Waals surface area contributed by atoms with Crippen molar-refractivity contribution in [2.24, 2.45) is 0 Å². The fourth-order valence-electron chi connectivity index (χ4n) is 3.18. The first-order valence-electron chi connectivity index (χ1n) is 7.38. The number of aromatic nitrogens is 4. The zero-order chi connectivity index (χ0) is 13.8. The van der Waals surface area contributed by atoms with Gasteiger partial charge in [0.15, 0.2) is 0 Å². The third-order valence-corrected chi connectivity index (χ3v) is 5.31. The number of fused-ring (bicyclic) bond motifs is 2. The zero-order valence-corrected chi connectivity index (χ0v) is 12.4. The number of anilines is 1. The molecule has 0 N–H and O–H groups in total. The average Bonchev–Trinajstić information content (AvgIpc) is 3.10. The van der Waals surface area contributed by atoms with E-state index in [2.05, 4.69) is 35.9 Å². The Bertz CT molecular complexity index is 816. The minimum absolute atomic E-state index is 0.718. The Kier molecular flexibility index (Phi) is 2.38. The van der Waals surface area contributed by atoms with Crippen LogP contribution in [0.15, 0.2) is 24.1 Å². The lowest BCUT2D eigenvalue weighted by Gasteiger charge is -2.28.